The van der Waals surface area contributed by atoms with Crippen molar-refractivity contribution in [1.29, 1.82) is 0 Å². The summed E-state index contributed by atoms with van der Waals surface area (Å²) < 4.78 is 1.68. The lowest BCUT2D eigenvalue weighted by atomic mass is 10.4. The minimum atomic E-state index is 0.0489. The highest BCUT2D eigenvalue weighted by Gasteiger charge is 2.07. The van der Waals surface area contributed by atoms with Gasteiger partial charge < -0.3 is 5.73 Å². The zero-order valence-electron chi connectivity index (χ0n) is 7.04. The first-order valence-corrected chi connectivity index (χ1v) is 4.52. The Kier molecular flexibility index (Phi) is 2.83. The number of aromatic nitrogens is 1. The summed E-state index contributed by atoms with van der Waals surface area (Å²) in [6, 6.07) is 0. The summed E-state index contributed by atoms with van der Waals surface area (Å²) in [5, 5.41) is 0. The monoisotopic (exact) mass is 184 g/mol. The average Bonchev–Trinajstić information content (AvgIpc) is 2.32. The van der Waals surface area contributed by atoms with Crippen LogP contribution in [0.3, 0.4) is 0 Å². The molecule has 0 amide bonds. The van der Waals surface area contributed by atoms with E-state index < -0.39 is 0 Å². The minimum Gasteiger partial charge on any atom is -0.326 e. The Morgan fingerprint density at radius 2 is 2.42 bits per heavy atom. The van der Waals surface area contributed by atoms with Crippen LogP contribution < -0.4 is 10.6 Å². The molecule has 1 rings (SSSR count). The molecule has 0 unspecified atom stereocenters. The zero-order chi connectivity index (χ0) is 9.14. The molecule has 66 valence electrons. The van der Waals surface area contributed by atoms with Crippen LogP contribution in [0.15, 0.2) is 17.4 Å². The topological polar surface area (TPSA) is 48.0 Å². The van der Waals surface area contributed by atoms with Crippen LogP contribution in [-0.2, 0) is 13.1 Å². The molecule has 0 aliphatic heterocycles. The first kappa shape index (κ1) is 9.22. The van der Waals surface area contributed by atoms with Gasteiger partial charge in [-0.2, -0.15) is 0 Å². The van der Waals surface area contributed by atoms with Crippen LogP contribution in [0, 0.1) is 6.92 Å². The predicted molar refractivity (Wildman–Crippen MR) is 51.4 cm³/mol. The van der Waals surface area contributed by atoms with Crippen molar-refractivity contribution >= 4 is 11.3 Å². The van der Waals surface area contributed by atoms with Crippen molar-refractivity contribution in [3.63, 3.8) is 0 Å². The van der Waals surface area contributed by atoms with Crippen molar-refractivity contribution in [3.8, 4) is 0 Å². The van der Waals surface area contributed by atoms with E-state index in [0.29, 0.717) is 13.1 Å². The second kappa shape index (κ2) is 3.69. The van der Waals surface area contributed by atoms with E-state index in [1.165, 1.54) is 11.3 Å². The molecule has 1 aromatic rings. The van der Waals surface area contributed by atoms with E-state index in [9.17, 15) is 4.79 Å². The molecule has 12 heavy (non-hydrogen) atoms. The van der Waals surface area contributed by atoms with Crippen molar-refractivity contribution in [2.24, 2.45) is 5.73 Å². The van der Waals surface area contributed by atoms with Crippen molar-refractivity contribution in [2.75, 3.05) is 0 Å². The molecule has 0 atom stereocenters. The second-order valence-corrected chi connectivity index (χ2v) is 3.53. The molecule has 1 aromatic heterocycles. The SMILES string of the molecule is C=CCn1c(C)c(CN)sc1=O. The lowest BCUT2D eigenvalue weighted by molar-refractivity contribution is 0.766. The predicted octanol–water partition coefficient (Wildman–Crippen LogP) is 0.863. The van der Waals surface area contributed by atoms with Gasteiger partial charge in [0, 0.05) is 23.7 Å². The molecule has 0 saturated carbocycles. The van der Waals surface area contributed by atoms with Gasteiger partial charge in [0.25, 0.3) is 0 Å². The molecule has 0 bridgehead atoms. The normalized spacial score (nSPS) is 10.2. The molecule has 1 heterocycles. The first-order valence-electron chi connectivity index (χ1n) is 3.70. The van der Waals surface area contributed by atoms with Gasteiger partial charge in [-0.05, 0) is 6.92 Å². The largest absolute Gasteiger partial charge is 0.326 e. The van der Waals surface area contributed by atoms with Crippen molar-refractivity contribution < 1.29 is 0 Å². The van der Waals surface area contributed by atoms with Crippen molar-refractivity contribution in [2.45, 2.75) is 20.0 Å². The van der Waals surface area contributed by atoms with E-state index in [0.717, 1.165) is 10.6 Å². The van der Waals surface area contributed by atoms with Crippen molar-refractivity contribution in [3.05, 3.63) is 32.9 Å². The number of nitrogens with zero attached hydrogens (tertiary/aromatic N) is 1. The molecule has 0 aliphatic rings. The second-order valence-electron chi connectivity index (χ2n) is 2.48. The molecule has 0 spiro atoms. The summed E-state index contributed by atoms with van der Waals surface area (Å²) in [7, 11) is 0. The van der Waals surface area contributed by atoms with Gasteiger partial charge in [0.2, 0.25) is 0 Å². The summed E-state index contributed by atoms with van der Waals surface area (Å²) in [4.78, 5) is 12.3. The first-order chi connectivity index (χ1) is 5.70. The molecule has 0 saturated heterocycles. The highest BCUT2D eigenvalue weighted by molar-refractivity contribution is 7.09. The lowest BCUT2D eigenvalue weighted by Gasteiger charge is -1.99. The van der Waals surface area contributed by atoms with E-state index in [2.05, 4.69) is 6.58 Å². The van der Waals surface area contributed by atoms with E-state index in [1.807, 2.05) is 6.92 Å². The highest BCUT2D eigenvalue weighted by atomic mass is 32.1. The molecule has 2 N–H and O–H groups in total. The third-order valence-corrected chi connectivity index (χ3v) is 2.84. The summed E-state index contributed by atoms with van der Waals surface area (Å²) in [6.07, 6.45) is 1.71. The lowest BCUT2D eigenvalue weighted by Crippen LogP contribution is -2.13. The third kappa shape index (κ3) is 1.49. The Hall–Kier alpha value is -0.870. The molecule has 4 heteroatoms. The van der Waals surface area contributed by atoms with Crippen LogP contribution in [0.25, 0.3) is 0 Å². The van der Waals surface area contributed by atoms with Gasteiger partial charge in [-0.25, -0.2) is 0 Å². The van der Waals surface area contributed by atoms with E-state index in [1.54, 1.807) is 10.6 Å². The number of thiazole rings is 1. The third-order valence-electron chi connectivity index (χ3n) is 1.74. The molecular weight excluding hydrogens is 172 g/mol. The Labute approximate surface area is 75.1 Å². The maximum absolute atomic E-state index is 11.3. The Bertz CT molecular complexity index is 337. The molecule has 0 radical (unpaired) electrons. The van der Waals surface area contributed by atoms with Crippen LogP contribution in [0.1, 0.15) is 10.6 Å². The van der Waals surface area contributed by atoms with Crippen LogP contribution in [-0.4, -0.2) is 4.57 Å². The summed E-state index contributed by atoms with van der Waals surface area (Å²) in [5.74, 6) is 0. The maximum atomic E-state index is 11.3. The van der Waals surface area contributed by atoms with E-state index in [-0.39, 0.29) is 4.87 Å². The fourth-order valence-corrected chi connectivity index (χ4v) is 1.93. The maximum Gasteiger partial charge on any atom is 0.307 e. The van der Waals surface area contributed by atoms with E-state index >= 15 is 0 Å². The zero-order valence-corrected chi connectivity index (χ0v) is 7.86. The minimum absolute atomic E-state index is 0.0489. The smallest absolute Gasteiger partial charge is 0.307 e. The van der Waals surface area contributed by atoms with Gasteiger partial charge in [0.15, 0.2) is 0 Å². The van der Waals surface area contributed by atoms with Gasteiger partial charge in [-0.3, -0.25) is 9.36 Å². The number of nitrogens with two attached hydrogens (primary N) is 1. The van der Waals surface area contributed by atoms with Gasteiger partial charge in [-0.1, -0.05) is 17.4 Å². The fraction of sp³-hybridized carbons (Fsp3) is 0.375. The Morgan fingerprint density at radius 1 is 1.75 bits per heavy atom. The quantitative estimate of drug-likeness (QED) is 0.708. The number of allylic oxidation sites excluding steroid dienone is 1. The van der Waals surface area contributed by atoms with Gasteiger partial charge >= 0.3 is 4.87 Å². The van der Waals surface area contributed by atoms with Crippen LogP contribution >= 0.6 is 11.3 Å². The molecule has 0 aliphatic carbocycles. The summed E-state index contributed by atoms with van der Waals surface area (Å²) in [6.45, 7) is 6.50. The summed E-state index contributed by atoms with van der Waals surface area (Å²) >= 11 is 1.22. The number of hydrogen-bond acceptors (Lipinski definition) is 3. The number of hydrogen-bond donors (Lipinski definition) is 1. The summed E-state index contributed by atoms with van der Waals surface area (Å²) in [5.41, 5.74) is 6.43. The number of rotatable bonds is 3. The van der Waals surface area contributed by atoms with Crippen molar-refractivity contribution in [1.82, 2.24) is 4.57 Å². The van der Waals surface area contributed by atoms with Gasteiger partial charge in [-0.15, -0.1) is 6.58 Å². The van der Waals surface area contributed by atoms with Crippen LogP contribution in [0.2, 0.25) is 0 Å². The highest BCUT2D eigenvalue weighted by Crippen LogP contribution is 2.09. The van der Waals surface area contributed by atoms with Gasteiger partial charge in [0.1, 0.15) is 0 Å². The van der Waals surface area contributed by atoms with E-state index in [4.69, 9.17) is 5.73 Å². The van der Waals surface area contributed by atoms with Crippen LogP contribution in [0.5, 0.6) is 0 Å². The Balaban J connectivity index is 3.18. The average molecular weight is 184 g/mol. The molecule has 0 fully saturated rings. The standard InChI is InChI=1S/C8H12N2OS/c1-3-4-10-6(2)7(5-9)12-8(10)11/h3H,1,4-5,9H2,2H3. The molecule has 0 aromatic carbocycles. The van der Waals surface area contributed by atoms with Crippen LogP contribution in [0.4, 0.5) is 0 Å². The van der Waals surface area contributed by atoms with Gasteiger partial charge in [0.05, 0.1) is 0 Å². The Morgan fingerprint density at radius 3 is 2.83 bits per heavy atom. The molecular formula is C8H12N2OS. The fourth-order valence-electron chi connectivity index (χ4n) is 1.05. The molecule has 3 nitrogen and oxygen atoms in total.